The molecule has 1 fully saturated rings. The number of anilines is 1. The average molecular weight is 383 g/mol. The molecule has 0 bridgehead atoms. The van der Waals surface area contributed by atoms with Crippen LogP contribution in [0.5, 0.6) is 0 Å². The van der Waals surface area contributed by atoms with Crippen molar-refractivity contribution >= 4 is 27.7 Å². The zero-order valence-corrected chi connectivity index (χ0v) is 16.2. The third-order valence-corrected chi connectivity index (χ3v) is 5.72. The summed E-state index contributed by atoms with van der Waals surface area (Å²) in [4.78, 5) is 11.4. The first-order valence-corrected chi connectivity index (χ1v) is 9.79. The van der Waals surface area contributed by atoms with Crippen LogP contribution in [-0.2, 0) is 0 Å². The monoisotopic (exact) mass is 383 g/mol. The van der Waals surface area contributed by atoms with Gasteiger partial charge in [-0.05, 0) is 43.8 Å². The van der Waals surface area contributed by atoms with Gasteiger partial charge in [-0.25, -0.2) is 4.98 Å². The molecular weight excluding hydrogens is 362 g/mol. The molecule has 6 nitrogen and oxygen atoms in total. The number of nitrogens with zero attached hydrogens (tertiary/aromatic N) is 4. The number of nitrogens with one attached hydrogen (secondary N) is 1. The minimum atomic E-state index is 0.264. The van der Waals surface area contributed by atoms with Gasteiger partial charge in [0.2, 0.25) is 5.76 Å². The lowest BCUT2D eigenvalue weighted by Crippen LogP contribution is -2.43. The van der Waals surface area contributed by atoms with Crippen LogP contribution in [0.1, 0.15) is 23.7 Å². The van der Waals surface area contributed by atoms with Crippen LogP contribution in [-0.4, -0.2) is 41.0 Å². The Labute approximate surface area is 168 Å². The quantitative estimate of drug-likeness (QED) is 0.573. The van der Waals surface area contributed by atoms with Crippen molar-refractivity contribution in [3.63, 3.8) is 0 Å². The van der Waals surface area contributed by atoms with Crippen molar-refractivity contribution in [1.29, 1.82) is 5.26 Å². The number of fused-ring (bicyclic) bond motifs is 2. The summed E-state index contributed by atoms with van der Waals surface area (Å²) in [6, 6.07) is 16.7. The van der Waals surface area contributed by atoms with Gasteiger partial charge in [0, 0.05) is 41.5 Å². The van der Waals surface area contributed by atoms with Gasteiger partial charge in [-0.15, -0.1) is 0 Å². The van der Waals surface area contributed by atoms with E-state index in [0.717, 1.165) is 41.6 Å². The van der Waals surface area contributed by atoms with E-state index in [2.05, 4.69) is 51.5 Å². The maximum absolute atomic E-state index is 9.04. The number of rotatable bonds is 3. The van der Waals surface area contributed by atoms with Crippen LogP contribution in [0, 0.1) is 11.3 Å². The van der Waals surface area contributed by atoms with E-state index >= 15 is 0 Å². The van der Waals surface area contributed by atoms with Gasteiger partial charge in [-0.1, -0.05) is 18.2 Å². The standard InChI is InChI=1S/C23H21N5O/c1-28-8-6-20(27-23-11-17-9-18(12-24)29-22(17)13-26-23)19(14-28)16-5-4-15-3-2-7-25-21(15)10-16/h2-5,7,9-11,13,19-20H,6,8,14H2,1H3,(H,26,27). The van der Waals surface area contributed by atoms with Crippen molar-refractivity contribution in [2.45, 2.75) is 18.4 Å². The van der Waals surface area contributed by atoms with Crippen molar-refractivity contribution in [2.75, 3.05) is 25.5 Å². The minimum absolute atomic E-state index is 0.264. The number of hydrogen-bond donors (Lipinski definition) is 1. The topological polar surface area (TPSA) is 78.0 Å². The summed E-state index contributed by atoms with van der Waals surface area (Å²) in [6.45, 7) is 2.01. The van der Waals surface area contributed by atoms with Crippen molar-refractivity contribution in [3.05, 3.63) is 66.2 Å². The summed E-state index contributed by atoms with van der Waals surface area (Å²) in [5.41, 5.74) is 2.95. The van der Waals surface area contributed by atoms with E-state index in [1.165, 1.54) is 5.56 Å². The van der Waals surface area contributed by atoms with Gasteiger partial charge in [-0.2, -0.15) is 5.26 Å². The first-order valence-electron chi connectivity index (χ1n) is 9.79. The Bertz CT molecular complexity index is 1220. The second kappa shape index (κ2) is 7.19. The normalized spacial score (nSPS) is 20.0. The molecule has 1 aromatic carbocycles. The Morgan fingerprint density at radius 3 is 3.00 bits per heavy atom. The Kier molecular flexibility index (Phi) is 4.38. The molecule has 0 spiro atoms. The van der Waals surface area contributed by atoms with Crippen LogP contribution >= 0.6 is 0 Å². The average Bonchev–Trinajstić information content (AvgIpc) is 3.17. The molecule has 2 atom stereocenters. The molecule has 4 aromatic rings. The van der Waals surface area contributed by atoms with Crippen molar-refractivity contribution in [1.82, 2.24) is 14.9 Å². The summed E-state index contributed by atoms with van der Waals surface area (Å²) in [5, 5.41) is 14.7. The highest BCUT2D eigenvalue weighted by Crippen LogP contribution is 2.31. The highest BCUT2D eigenvalue weighted by Gasteiger charge is 2.29. The number of likely N-dealkylation sites (N-methyl/N-ethyl adjacent to an activating group) is 1. The number of pyridine rings is 2. The first kappa shape index (κ1) is 17.7. The van der Waals surface area contributed by atoms with Gasteiger partial charge in [0.05, 0.1) is 11.7 Å². The highest BCUT2D eigenvalue weighted by molar-refractivity contribution is 5.81. The molecule has 144 valence electrons. The summed E-state index contributed by atoms with van der Waals surface area (Å²) >= 11 is 0. The molecule has 1 aliphatic rings. The molecule has 0 radical (unpaired) electrons. The summed E-state index contributed by atoms with van der Waals surface area (Å²) in [6.07, 6.45) is 4.55. The molecule has 3 aromatic heterocycles. The van der Waals surface area contributed by atoms with E-state index in [4.69, 9.17) is 9.68 Å². The Morgan fingerprint density at radius 1 is 1.17 bits per heavy atom. The Balaban J connectivity index is 1.46. The lowest BCUT2D eigenvalue weighted by Gasteiger charge is -2.37. The van der Waals surface area contributed by atoms with Crippen LogP contribution in [0.2, 0.25) is 0 Å². The first-order chi connectivity index (χ1) is 14.2. The van der Waals surface area contributed by atoms with Crippen molar-refractivity contribution in [2.24, 2.45) is 0 Å². The SMILES string of the molecule is CN1CCC(Nc2cc3cc(C#N)oc3cn2)C(c2ccc3cccnc3c2)C1. The molecule has 2 unspecified atom stereocenters. The summed E-state index contributed by atoms with van der Waals surface area (Å²) in [7, 11) is 2.17. The number of likely N-dealkylation sites (tertiary alicyclic amines) is 1. The third kappa shape index (κ3) is 3.41. The third-order valence-electron chi connectivity index (χ3n) is 5.72. The van der Waals surface area contributed by atoms with Gasteiger partial charge in [0.25, 0.3) is 0 Å². The molecule has 0 saturated carbocycles. The smallest absolute Gasteiger partial charge is 0.204 e. The fraction of sp³-hybridized carbons (Fsp3) is 0.261. The fourth-order valence-electron chi connectivity index (χ4n) is 4.21. The maximum Gasteiger partial charge on any atom is 0.204 e. The Hall–Kier alpha value is -3.43. The van der Waals surface area contributed by atoms with Crippen LogP contribution in [0.4, 0.5) is 5.82 Å². The molecular formula is C23H21N5O. The number of nitriles is 1. The number of aromatic nitrogens is 2. The molecule has 5 rings (SSSR count). The van der Waals surface area contributed by atoms with Gasteiger partial charge in [-0.3, -0.25) is 4.98 Å². The number of benzene rings is 1. The molecule has 1 saturated heterocycles. The van der Waals surface area contributed by atoms with Crippen molar-refractivity contribution < 1.29 is 4.42 Å². The zero-order chi connectivity index (χ0) is 19.8. The predicted octanol–water partition coefficient (Wildman–Crippen LogP) is 4.15. The number of furan rings is 1. The second-order valence-corrected chi connectivity index (χ2v) is 7.69. The molecule has 0 aliphatic carbocycles. The lowest BCUT2D eigenvalue weighted by atomic mass is 9.85. The largest absolute Gasteiger partial charge is 0.444 e. The van der Waals surface area contributed by atoms with E-state index in [1.807, 2.05) is 24.4 Å². The molecule has 0 amide bonds. The van der Waals surface area contributed by atoms with E-state index in [0.29, 0.717) is 17.3 Å². The Morgan fingerprint density at radius 2 is 2.10 bits per heavy atom. The van der Waals surface area contributed by atoms with Gasteiger partial charge >= 0.3 is 0 Å². The van der Waals surface area contributed by atoms with Crippen LogP contribution < -0.4 is 5.32 Å². The van der Waals surface area contributed by atoms with Gasteiger partial charge in [0.1, 0.15) is 11.9 Å². The van der Waals surface area contributed by atoms with Gasteiger partial charge < -0.3 is 14.6 Å². The molecule has 4 heterocycles. The fourth-order valence-corrected chi connectivity index (χ4v) is 4.21. The number of hydrogen-bond acceptors (Lipinski definition) is 6. The summed E-state index contributed by atoms with van der Waals surface area (Å²) < 4.78 is 5.44. The predicted molar refractivity (Wildman–Crippen MR) is 113 cm³/mol. The molecule has 6 heteroatoms. The molecule has 1 N–H and O–H groups in total. The lowest BCUT2D eigenvalue weighted by molar-refractivity contribution is 0.236. The second-order valence-electron chi connectivity index (χ2n) is 7.69. The van der Waals surface area contributed by atoms with Gasteiger partial charge in [0.15, 0.2) is 5.58 Å². The van der Waals surface area contributed by atoms with E-state index in [-0.39, 0.29) is 6.04 Å². The van der Waals surface area contributed by atoms with Crippen LogP contribution in [0.25, 0.3) is 21.9 Å². The maximum atomic E-state index is 9.04. The zero-order valence-electron chi connectivity index (χ0n) is 16.2. The van der Waals surface area contributed by atoms with Crippen LogP contribution in [0.15, 0.2) is 59.3 Å². The highest BCUT2D eigenvalue weighted by atomic mass is 16.3. The molecule has 1 aliphatic heterocycles. The van der Waals surface area contributed by atoms with Crippen LogP contribution in [0.3, 0.4) is 0 Å². The van der Waals surface area contributed by atoms with Crippen molar-refractivity contribution in [3.8, 4) is 6.07 Å². The van der Waals surface area contributed by atoms with E-state index < -0.39 is 0 Å². The summed E-state index contributed by atoms with van der Waals surface area (Å²) in [5.74, 6) is 1.44. The molecule has 29 heavy (non-hydrogen) atoms. The van der Waals surface area contributed by atoms with E-state index in [9.17, 15) is 0 Å². The van der Waals surface area contributed by atoms with E-state index in [1.54, 1.807) is 12.3 Å². The number of piperidine rings is 1. The minimum Gasteiger partial charge on any atom is -0.444 e.